The summed E-state index contributed by atoms with van der Waals surface area (Å²) in [7, 11) is 0. The first kappa shape index (κ1) is 14.0. The number of nitrogens with one attached hydrogen (secondary N) is 1. The second-order valence-corrected chi connectivity index (χ2v) is 2.86. The van der Waals surface area contributed by atoms with Crippen LogP contribution in [0, 0.1) is 11.3 Å². The van der Waals surface area contributed by atoms with Crippen LogP contribution in [0.25, 0.3) is 0 Å². The molecule has 1 amide bonds. The van der Waals surface area contributed by atoms with Gasteiger partial charge >= 0.3 is 0 Å². The molecule has 0 bridgehead atoms. The number of nitriles is 1. The number of carbonyl (C=O) groups is 1. The van der Waals surface area contributed by atoms with Crippen molar-refractivity contribution in [1.82, 2.24) is 0 Å². The Morgan fingerprint density at radius 3 is 2.31 bits per heavy atom. The van der Waals surface area contributed by atoms with E-state index in [1.807, 2.05) is 31.2 Å². The van der Waals surface area contributed by atoms with Gasteiger partial charge in [0.15, 0.2) is 0 Å². The molecule has 1 rings (SSSR count). The van der Waals surface area contributed by atoms with E-state index in [1.165, 1.54) is 13.8 Å². The summed E-state index contributed by atoms with van der Waals surface area (Å²) < 4.78 is 5.25. The van der Waals surface area contributed by atoms with E-state index in [-0.39, 0.29) is 5.91 Å². The fourth-order valence-corrected chi connectivity index (χ4v) is 1.00. The maximum Gasteiger partial charge on any atom is 0.221 e. The monoisotopic (exact) mass is 220 g/mol. The van der Waals surface area contributed by atoms with Gasteiger partial charge in [-0.2, -0.15) is 5.26 Å². The van der Waals surface area contributed by atoms with Crippen molar-refractivity contribution in [3.8, 4) is 11.8 Å². The third-order valence-electron chi connectivity index (χ3n) is 1.49. The summed E-state index contributed by atoms with van der Waals surface area (Å²) in [6.45, 7) is 5.50. The highest BCUT2D eigenvalue weighted by Crippen LogP contribution is 2.15. The van der Waals surface area contributed by atoms with Crippen molar-refractivity contribution in [2.24, 2.45) is 0 Å². The second-order valence-electron chi connectivity index (χ2n) is 2.86. The van der Waals surface area contributed by atoms with Gasteiger partial charge in [-0.3, -0.25) is 4.79 Å². The molecule has 86 valence electrons. The molecule has 4 heteroatoms. The topological polar surface area (TPSA) is 62.1 Å². The smallest absolute Gasteiger partial charge is 0.221 e. The van der Waals surface area contributed by atoms with Crippen LogP contribution in [0.4, 0.5) is 5.69 Å². The Morgan fingerprint density at radius 2 is 1.94 bits per heavy atom. The lowest BCUT2D eigenvalue weighted by molar-refractivity contribution is -0.114. The maximum absolute atomic E-state index is 10.7. The van der Waals surface area contributed by atoms with Crippen molar-refractivity contribution in [3.63, 3.8) is 0 Å². The molecule has 1 N–H and O–H groups in total. The summed E-state index contributed by atoms with van der Waals surface area (Å²) in [5, 5.41) is 10.00. The Labute approximate surface area is 95.8 Å². The van der Waals surface area contributed by atoms with Crippen molar-refractivity contribution in [2.45, 2.75) is 20.8 Å². The van der Waals surface area contributed by atoms with Crippen molar-refractivity contribution >= 4 is 11.6 Å². The molecule has 0 aromatic heterocycles. The number of ether oxygens (including phenoxy) is 1. The molecule has 0 spiro atoms. The number of anilines is 1. The van der Waals surface area contributed by atoms with E-state index >= 15 is 0 Å². The molecule has 1 aromatic carbocycles. The number of rotatable bonds is 3. The standard InChI is InChI=1S/C10H13NO2.C2H3N/c1-3-13-10-6-4-9(5-7-10)11-8(2)12;1-2-3/h4-7H,3H2,1-2H3,(H,11,12);1H3. The minimum Gasteiger partial charge on any atom is -0.494 e. The Kier molecular flexibility index (Phi) is 7.25. The minimum absolute atomic E-state index is 0.0656. The van der Waals surface area contributed by atoms with Gasteiger partial charge in [-0.25, -0.2) is 0 Å². The highest BCUT2D eigenvalue weighted by atomic mass is 16.5. The van der Waals surface area contributed by atoms with Crippen LogP contribution in [0.15, 0.2) is 24.3 Å². The second kappa shape index (κ2) is 8.30. The van der Waals surface area contributed by atoms with Gasteiger partial charge in [0.05, 0.1) is 12.7 Å². The zero-order chi connectivity index (χ0) is 12.4. The molecular weight excluding hydrogens is 204 g/mol. The van der Waals surface area contributed by atoms with Gasteiger partial charge in [0.25, 0.3) is 0 Å². The predicted octanol–water partition coefficient (Wildman–Crippen LogP) is 2.57. The van der Waals surface area contributed by atoms with Gasteiger partial charge in [-0.05, 0) is 31.2 Å². The molecule has 0 aliphatic carbocycles. The van der Waals surface area contributed by atoms with Crippen LogP contribution in [0.5, 0.6) is 5.75 Å². The van der Waals surface area contributed by atoms with E-state index in [9.17, 15) is 4.79 Å². The number of hydrogen-bond donors (Lipinski definition) is 1. The van der Waals surface area contributed by atoms with Gasteiger partial charge < -0.3 is 10.1 Å². The molecule has 0 unspecified atom stereocenters. The van der Waals surface area contributed by atoms with Gasteiger partial charge in [0.2, 0.25) is 5.91 Å². The first-order chi connectivity index (χ1) is 7.63. The highest BCUT2D eigenvalue weighted by Gasteiger charge is 1.95. The van der Waals surface area contributed by atoms with E-state index in [2.05, 4.69) is 5.32 Å². The normalized spacial score (nSPS) is 8.12. The Bertz CT molecular complexity index is 352. The fourth-order valence-electron chi connectivity index (χ4n) is 1.00. The molecule has 1 aromatic rings. The molecule has 0 heterocycles. The summed E-state index contributed by atoms with van der Waals surface area (Å²) >= 11 is 0. The molecule has 0 aliphatic rings. The Morgan fingerprint density at radius 1 is 1.44 bits per heavy atom. The zero-order valence-corrected chi connectivity index (χ0v) is 9.78. The zero-order valence-electron chi connectivity index (χ0n) is 9.78. The molecule has 0 saturated heterocycles. The third kappa shape index (κ3) is 6.44. The number of hydrogen-bond acceptors (Lipinski definition) is 3. The summed E-state index contributed by atoms with van der Waals surface area (Å²) in [5.74, 6) is 0.751. The summed E-state index contributed by atoms with van der Waals surface area (Å²) in [4.78, 5) is 10.7. The number of amides is 1. The van der Waals surface area contributed by atoms with Crippen LogP contribution in [0.3, 0.4) is 0 Å². The van der Waals surface area contributed by atoms with E-state index in [4.69, 9.17) is 10.00 Å². The largest absolute Gasteiger partial charge is 0.494 e. The van der Waals surface area contributed by atoms with Gasteiger partial charge in [-0.1, -0.05) is 0 Å². The van der Waals surface area contributed by atoms with Crippen LogP contribution in [0.1, 0.15) is 20.8 Å². The molecule has 16 heavy (non-hydrogen) atoms. The predicted molar refractivity (Wildman–Crippen MR) is 63.2 cm³/mol. The quantitative estimate of drug-likeness (QED) is 0.851. The van der Waals surface area contributed by atoms with Crippen molar-refractivity contribution < 1.29 is 9.53 Å². The summed E-state index contributed by atoms with van der Waals surface area (Å²) in [6, 6.07) is 9.03. The van der Waals surface area contributed by atoms with Gasteiger partial charge in [0.1, 0.15) is 5.75 Å². The molecular formula is C12H16N2O2. The lowest BCUT2D eigenvalue weighted by atomic mass is 10.3. The van der Waals surface area contributed by atoms with E-state index in [0.29, 0.717) is 6.61 Å². The van der Waals surface area contributed by atoms with E-state index in [1.54, 1.807) is 6.07 Å². The van der Waals surface area contributed by atoms with E-state index in [0.717, 1.165) is 11.4 Å². The Hall–Kier alpha value is -2.02. The van der Waals surface area contributed by atoms with Crippen molar-refractivity contribution in [2.75, 3.05) is 11.9 Å². The first-order valence-corrected chi connectivity index (χ1v) is 4.95. The Balaban J connectivity index is 0.000000673. The minimum atomic E-state index is -0.0656. The molecule has 0 aliphatic heterocycles. The van der Waals surface area contributed by atoms with Gasteiger partial charge in [0, 0.05) is 19.5 Å². The molecule has 0 atom stereocenters. The third-order valence-corrected chi connectivity index (χ3v) is 1.49. The van der Waals surface area contributed by atoms with Crippen LogP contribution >= 0.6 is 0 Å². The maximum atomic E-state index is 10.7. The van der Waals surface area contributed by atoms with Gasteiger partial charge in [-0.15, -0.1) is 0 Å². The molecule has 0 fully saturated rings. The first-order valence-electron chi connectivity index (χ1n) is 4.95. The van der Waals surface area contributed by atoms with Crippen LogP contribution in [0.2, 0.25) is 0 Å². The molecule has 0 saturated carbocycles. The number of nitrogens with zero attached hydrogens (tertiary/aromatic N) is 1. The fraction of sp³-hybridized carbons (Fsp3) is 0.333. The van der Waals surface area contributed by atoms with Crippen LogP contribution in [-0.2, 0) is 4.79 Å². The lowest BCUT2D eigenvalue weighted by Crippen LogP contribution is -2.05. The summed E-state index contributed by atoms with van der Waals surface area (Å²) in [5.41, 5.74) is 0.788. The van der Waals surface area contributed by atoms with Crippen molar-refractivity contribution in [3.05, 3.63) is 24.3 Å². The number of carbonyl (C=O) groups excluding carboxylic acids is 1. The number of benzene rings is 1. The van der Waals surface area contributed by atoms with Crippen molar-refractivity contribution in [1.29, 1.82) is 5.26 Å². The highest BCUT2D eigenvalue weighted by molar-refractivity contribution is 5.88. The SMILES string of the molecule is CC#N.CCOc1ccc(NC(C)=O)cc1. The van der Waals surface area contributed by atoms with Crippen LogP contribution in [-0.4, -0.2) is 12.5 Å². The van der Waals surface area contributed by atoms with E-state index < -0.39 is 0 Å². The molecule has 0 radical (unpaired) electrons. The molecule has 4 nitrogen and oxygen atoms in total. The lowest BCUT2D eigenvalue weighted by Gasteiger charge is -2.04. The summed E-state index contributed by atoms with van der Waals surface area (Å²) in [6.07, 6.45) is 0. The average molecular weight is 220 g/mol. The average Bonchev–Trinajstić information content (AvgIpc) is 2.22. The van der Waals surface area contributed by atoms with Crippen LogP contribution < -0.4 is 10.1 Å².